The molecule has 0 spiro atoms. The molecule has 4 aromatic carbocycles. The van der Waals surface area contributed by atoms with Crippen LogP contribution in [0.5, 0.6) is 5.75 Å². The van der Waals surface area contributed by atoms with Crippen molar-refractivity contribution in [2.24, 2.45) is 0 Å². The molecule has 196 valence electrons. The van der Waals surface area contributed by atoms with E-state index in [0.717, 1.165) is 31.7 Å². The van der Waals surface area contributed by atoms with Gasteiger partial charge in [-0.1, -0.05) is 123 Å². The zero-order valence-electron chi connectivity index (χ0n) is 23.0. The smallest absolute Gasteiger partial charge is 0.119 e. The molecule has 5 rings (SSSR count). The number of ether oxygens (including phenoxy) is 1. The van der Waals surface area contributed by atoms with Crippen LogP contribution in [0.15, 0.2) is 121 Å². The fraction of sp³-hybridized carbons (Fsp3) is 0.278. The van der Waals surface area contributed by atoms with Gasteiger partial charge in [0, 0.05) is 6.54 Å². The molecule has 1 aliphatic rings. The molecule has 0 aliphatic carbocycles. The first-order valence-corrected chi connectivity index (χ1v) is 14.2. The number of benzene rings is 4. The summed E-state index contributed by atoms with van der Waals surface area (Å²) in [5.74, 6) is 0.943. The van der Waals surface area contributed by atoms with Gasteiger partial charge in [0.1, 0.15) is 12.4 Å². The number of hydrogen-bond donors (Lipinski definition) is 0. The van der Waals surface area contributed by atoms with Gasteiger partial charge in [0.25, 0.3) is 0 Å². The summed E-state index contributed by atoms with van der Waals surface area (Å²) in [5, 5.41) is 0. The van der Waals surface area contributed by atoms with Gasteiger partial charge in [0.15, 0.2) is 0 Å². The van der Waals surface area contributed by atoms with Crippen molar-refractivity contribution in [1.29, 1.82) is 0 Å². The number of likely N-dealkylation sites (tertiary alicyclic amines) is 1. The van der Waals surface area contributed by atoms with Crippen molar-refractivity contribution in [3.8, 4) is 5.75 Å². The van der Waals surface area contributed by atoms with Crippen LogP contribution in [0.4, 0.5) is 0 Å². The summed E-state index contributed by atoms with van der Waals surface area (Å²) in [6.07, 6.45) is 4.46. The summed E-state index contributed by atoms with van der Waals surface area (Å²) in [6, 6.07) is 41.1. The zero-order valence-corrected chi connectivity index (χ0v) is 23.0. The van der Waals surface area contributed by atoms with E-state index in [1.807, 2.05) is 13.8 Å². The highest BCUT2D eigenvalue weighted by molar-refractivity contribution is 5.83. The standard InChI is InChI=1S/C34H35NO.C2H6/c1-4-12-28(13-5-1)26-32(27-29-14-6-2-7-15-29)34(30-16-8-3-9-17-30)31-18-20-33(21-19-31)36-25-24-35-22-10-11-23-35;1-2/h1-9,12-21H,10-11,22-27H2;1-2H3. The minimum atomic E-state index is 0.744. The Balaban J connectivity index is 0.00000164. The van der Waals surface area contributed by atoms with Crippen molar-refractivity contribution in [2.45, 2.75) is 39.5 Å². The van der Waals surface area contributed by atoms with Crippen LogP contribution >= 0.6 is 0 Å². The van der Waals surface area contributed by atoms with Crippen LogP contribution < -0.4 is 4.74 Å². The molecule has 0 N–H and O–H groups in total. The maximum atomic E-state index is 6.10. The Kier molecular flexibility index (Phi) is 10.8. The minimum Gasteiger partial charge on any atom is -0.492 e. The third-order valence-electron chi connectivity index (χ3n) is 6.95. The summed E-state index contributed by atoms with van der Waals surface area (Å²) >= 11 is 0. The Bertz CT molecular complexity index is 1180. The molecule has 0 radical (unpaired) electrons. The molecular weight excluding hydrogens is 462 g/mol. The van der Waals surface area contributed by atoms with E-state index in [-0.39, 0.29) is 0 Å². The Morgan fingerprint density at radius 3 is 1.61 bits per heavy atom. The minimum absolute atomic E-state index is 0.744. The van der Waals surface area contributed by atoms with E-state index in [1.54, 1.807) is 0 Å². The molecule has 1 fully saturated rings. The fourth-order valence-electron chi connectivity index (χ4n) is 5.12. The highest BCUT2D eigenvalue weighted by atomic mass is 16.5. The predicted molar refractivity (Wildman–Crippen MR) is 162 cm³/mol. The number of rotatable bonds is 10. The maximum Gasteiger partial charge on any atom is 0.119 e. The van der Waals surface area contributed by atoms with Gasteiger partial charge in [-0.25, -0.2) is 0 Å². The van der Waals surface area contributed by atoms with Gasteiger partial charge in [-0.2, -0.15) is 0 Å². The van der Waals surface area contributed by atoms with Crippen LogP contribution in [0.1, 0.15) is 48.9 Å². The predicted octanol–water partition coefficient (Wildman–Crippen LogP) is 8.47. The van der Waals surface area contributed by atoms with Gasteiger partial charge in [-0.15, -0.1) is 0 Å². The lowest BCUT2D eigenvalue weighted by Gasteiger charge is -2.18. The Hall–Kier alpha value is -3.62. The number of hydrogen-bond acceptors (Lipinski definition) is 2. The first-order valence-electron chi connectivity index (χ1n) is 14.2. The van der Waals surface area contributed by atoms with Crippen molar-refractivity contribution in [3.63, 3.8) is 0 Å². The molecule has 0 atom stereocenters. The van der Waals surface area contributed by atoms with E-state index in [0.29, 0.717) is 0 Å². The summed E-state index contributed by atoms with van der Waals surface area (Å²) < 4.78 is 6.10. The average molecular weight is 504 g/mol. The Morgan fingerprint density at radius 2 is 1.08 bits per heavy atom. The molecule has 0 aromatic heterocycles. The lowest BCUT2D eigenvalue weighted by Crippen LogP contribution is -2.25. The molecule has 0 saturated carbocycles. The highest BCUT2D eigenvalue weighted by Gasteiger charge is 2.15. The number of allylic oxidation sites excluding steroid dienone is 1. The van der Waals surface area contributed by atoms with E-state index >= 15 is 0 Å². The zero-order chi connectivity index (χ0) is 26.4. The Morgan fingerprint density at radius 1 is 0.605 bits per heavy atom. The molecule has 1 saturated heterocycles. The lowest BCUT2D eigenvalue weighted by atomic mass is 9.87. The first-order chi connectivity index (χ1) is 18.8. The molecule has 38 heavy (non-hydrogen) atoms. The van der Waals surface area contributed by atoms with Crippen LogP contribution in [0.25, 0.3) is 5.57 Å². The molecule has 2 nitrogen and oxygen atoms in total. The van der Waals surface area contributed by atoms with E-state index < -0.39 is 0 Å². The number of nitrogens with zero attached hydrogens (tertiary/aromatic N) is 1. The topological polar surface area (TPSA) is 12.5 Å². The van der Waals surface area contributed by atoms with Crippen LogP contribution in [-0.4, -0.2) is 31.1 Å². The molecule has 0 bridgehead atoms. The molecule has 1 aliphatic heterocycles. The second kappa shape index (κ2) is 15.0. The van der Waals surface area contributed by atoms with E-state index in [2.05, 4.69) is 120 Å². The molecular formula is C36H41NO. The van der Waals surface area contributed by atoms with Gasteiger partial charge >= 0.3 is 0 Å². The van der Waals surface area contributed by atoms with Crippen LogP contribution in [0.2, 0.25) is 0 Å². The third-order valence-corrected chi connectivity index (χ3v) is 6.95. The van der Waals surface area contributed by atoms with E-state index in [4.69, 9.17) is 4.74 Å². The highest BCUT2D eigenvalue weighted by Crippen LogP contribution is 2.32. The van der Waals surface area contributed by atoms with Crippen molar-refractivity contribution in [2.75, 3.05) is 26.2 Å². The third kappa shape index (κ3) is 7.94. The van der Waals surface area contributed by atoms with Crippen LogP contribution in [-0.2, 0) is 12.8 Å². The van der Waals surface area contributed by atoms with Crippen LogP contribution in [0.3, 0.4) is 0 Å². The maximum absolute atomic E-state index is 6.10. The molecule has 2 heteroatoms. The SMILES string of the molecule is CC.c1ccc(CC(Cc2ccccc2)=C(c2ccccc2)c2ccc(OCCN3CCCC3)cc2)cc1. The Labute approximate surface area is 229 Å². The fourth-order valence-corrected chi connectivity index (χ4v) is 5.12. The van der Waals surface area contributed by atoms with Crippen molar-refractivity contribution >= 4 is 5.57 Å². The van der Waals surface area contributed by atoms with Crippen LogP contribution in [0, 0.1) is 0 Å². The van der Waals surface area contributed by atoms with E-state index in [1.165, 1.54) is 59.3 Å². The van der Waals surface area contributed by atoms with Gasteiger partial charge in [0.05, 0.1) is 0 Å². The van der Waals surface area contributed by atoms with Gasteiger partial charge in [0.2, 0.25) is 0 Å². The molecule has 1 heterocycles. The van der Waals surface area contributed by atoms with Crippen molar-refractivity contribution in [3.05, 3.63) is 143 Å². The first kappa shape index (κ1) is 27.4. The molecule has 0 unspecified atom stereocenters. The monoisotopic (exact) mass is 503 g/mol. The second-order valence-electron chi connectivity index (χ2n) is 9.59. The van der Waals surface area contributed by atoms with E-state index in [9.17, 15) is 0 Å². The van der Waals surface area contributed by atoms with Gasteiger partial charge < -0.3 is 4.74 Å². The summed E-state index contributed by atoms with van der Waals surface area (Å²) in [7, 11) is 0. The summed E-state index contributed by atoms with van der Waals surface area (Å²) in [5.41, 5.74) is 7.88. The summed E-state index contributed by atoms with van der Waals surface area (Å²) in [4.78, 5) is 2.49. The average Bonchev–Trinajstić information content (AvgIpc) is 3.50. The molecule has 0 amide bonds. The lowest BCUT2D eigenvalue weighted by molar-refractivity contribution is 0.238. The van der Waals surface area contributed by atoms with Gasteiger partial charge in [-0.05, 0) is 78.7 Å². The van der Waals surface area contributed by atoms with Crippen molar-refractivity contribution in [1.82, 2.24) is 4.90 Å². The summed E-state index contributed by atoms with van der Waals surface area (Å²) in [6.45, 7) is 8.17. The second-order valence-corrected chi connectivity index (χ2v) is 9.59. The van der Waals surface area contributed by atoms with Crippen molar-refractivity contribution < 1.29 is 4.74 Å². The largest absolute Gasteiger partial charge is 0.492 e. The van der Waals surface area contributed by atoms with Gasteiger partial charge in [-0.3, -0.25) is 4.90 Å². The normalized spacial score (nSPS) is 12.9. The quantitative estimate of drug-likeness (QED) is 0.215. The molecule has 4 aromatic rings.